The molecule has 0 radical (unpaired) electrons. The lowest BCUT2D eigenvalue weighted by molar-refractivity contribution is -0.145. The van der Waals surface area contributed by atoms with E-state index in [9.17, 15) is 19.2 Å². The molecule has 2 aliphatic rings. The van der Waals surface area contributed by atoms with Crippen LogP contribution in [0.4, 0.5) is 4.79 Å². The molecule has 1 unspecified atom stereocenters. The van der Waals surface area contributed by atoms with Crippen LogP contribution in [0.15, 0.2) is 29.8 Å². The minimum Gasteiger partial charge on any atom is -0.444 e. The molecule has 1 aliphatic carbocycles. The first-order chi connectivity index (χ1) is 20.5. The first-order valence-corrected chi connectivity index (χ1v) is 16.3. The van der Waals surface area contributed by atoms with Crippen LogP contribution in [0.1, 0.15) is 91.4 Å². The molecule has 1 aliphatic heterocycles. The van der Waals surface area contributed by atoms with Crippen LogP contribution in [0.3, 0.4) is 0 Å². The summed E-state index contributed by atoms with van der Waals surface area (Å²) in [5.74, 6) is -0.966. The molecular weight excluding hydrogens is 578 g/mol. The lowest BCUT2D eigenvalue weighted by atomic mass is 9.78. The van der Waals surface area contributed by atoms with Crippen LogP contribution in [0.5, 0.6) is 0 Å². The maximum atomic E-state index is 13.9. The van der Waals surface area contributed by atoms with Gasteiger partial charge in [0, 0.05) is 18.5 Å². The fourth-order valence-corrected chi connectivity index (χ4v) is 6.51. The van der Waals surface area contributed by atoms with Gasteiger partial charge in [-0.05, 0) is 76.8 Å². The van der Waals surface area contributed by atoms with Crippen molar-refractivity contribution in [1.29, 1.82) is 0 Å². The zero-order valence-electron chi connectivity index (χ0n) is 27.2. The summed E-state index contributed by atoms with van der Waals surface area (Å²) in [5.41, 5.74) is 3.72. The highest BCUT2D eigenvalue weighted by Crippen LogP contribution is 2.31. The van der Waals surface area contributed by atoms with Gasteiger partial charge in [-0.25, -0.2) is 9.78 Å². The van der Waals surface area contributed by atoms with Crippen molar-refractivity contribution in [3.63, 3.8) is 0 Å². The highest BCUT2D eigenvalue weighted by molar-refractivity contribution is 7.13. The SMILES string of the molecule is Cc1ncsc1-c1ccc([C@H](C)NC(=O)[C@@H]2CCCN2C(=O)C(NC(=O)[C@H]2C[C@@H](NC(=O)OC(C)(C)C)C2)C(C)(C)C)cc1. The number of benzene rings is 1. The monoisotopic (exact) mass is 625 g/mol. The number of hydrogen-bond acceptors (Lipinski definition) is 7. The van der Waals surface area contributed by atoms with Crippen molar-refractivity contribution in [1.82, 2.24) is 25.8 Å². The molecule has 11 heteroatoms. The topological polar surface area (TPSA) is 130 Å². The molecule has 2 aromatic rings. The zero-order valence-corrected chi connectivity index (χ0v) is 28.0. The minimum atomic E-state index is -0.790. The van der Waals surface area contributed by atoms with Gasteiger partial charge in [-0.3, -0.25) is 14.4 Å². The summed E-state index contributed by atoms with van der Waals surface area (Å²) in [6.45, 7) is 15.5. The van der Waals surface area contributed by atoms with E-state index in [1.807, 2.05) is 64.4 Å². The van der Waals surface area contributed by atoms with E-state index in [0.29, 0.717) is 32.2 Å². The first kappa shape index (κ1) is 33.4. The molecule has 10 nitrogen and oxygen atoms in total. The first-order valence-electron chi connectivity index (χ1n) is 15.4. The second-order valence-electron chi connectivity index (χ2n) is 14.1. The van der Waals surface area contributed by atoms with Crippen molar-refractivity contribution in [2.45, 2.75) is 111 Å². The van der Waals surface area contributed by atoms with Crippen LogP contribution in [-0.4, -0.2) is 64.0 Å². The number of ether oxygens (including phenoxy) is 1. The van der Waals surface area contributed by atoms with E-state index in [1.165, 1.54) is 0 Å². The summed E-state index contributed by atoms with van der Waals surface area (Å²) >= 11 is 1.60. The molecule has 4 amide bonds. The molecule has 0 bridgehead atoms. The Morgan fingerprint density at radius 1 is 1.00 bits per heavy atom. The van der Waals surface area contributed by atoms with E-state index in [4.69, 9.17) is 4.74 Å². The number of nitrogens with one attached hydrogen (secondary N) is 3. The van der Waals surface area contributed by atoms with Gasteiger partial charge in [0.05, 0.1) is 22.1 Å². The molecule has 240 valence electrons. The van der Waals surface area contributed by atoms with Gasteiger partial charge >= 0.3 is 6.09 Å². The molecular formula is C33H47N5O5S. The third kappa shape index (κ3) is 8.16. The predicted octanol–water partition coefficient (Wildman–Crippen LogP) is 5.12. The Morgan fingerprint density at radius 3 is 2.23 bits per heavy atom. The van der Waals surface area contributed by atoms with E-state index >= 15 is 0 Å². The highest BCUT2D eigenvalue weighted by atomic mass is 32.1. The van der Waals surface area contributed by atoms with Gasteiger partial charge < -0.3 is 25.6 Å². The van der Waals surface area contributed by atoms with Gasteiger partial charge in [0.25, 0.3) is 0 Å². The molecule has 44 heavy (non-hydrogen) atoms. The smallest absolute Gasteiger partial charge is 0.407 e. The molecule has 2 fully saturated rings. The molecule has 3 N–H and O–H groups in total. The van der Waals surface area contributed by atoms with Crippen molar-refractivity contribution >= 4 is 35.2 Å². The van der Waals surface area contributed by atoms with Gasteiger partial charge in [-0.2, -0.15) is 0 Å². The zero-order chi connectivity index (χ0) is 32.4. The summed E-state index contributed by atoms with van der Waals surface area (Å²) in [6, 6.07) is 6.32. The van der Waals surface area contributed by atoms with Crippen LogP contribution in [0, 0.1) is 18.3 Å². The summed E-state index contributed by atoms with van der Waals surface area (Å²) in [4.78, 5) is 59.7. The number of likely N-dealkylation sites (tertiary alicyclic amines) is 1. The van der Waals surface area contributed by atoms with Crippen molar-refractivity contribution in [2.75, 3.05) is 6.54 Å². The number of hydrogen-bond donors (Lipinski definition) is 3. The second-order valence-corrected chi connectivity index (χ2v) is 15.0. The summed E-state index contributed by atoms with van der Waals surface area (Å²) in [5, 5.41) is 8.89. The van der Waals surface area contributed by atoms with Crippen molar-refractivity contribution in [3.8, 4) is 10.4 Å². The average Bonchev–Trinajstić information content (AvgIpc) is 3.56. The number of carbonyl (C=O) groups excluding carboxylic acids is 4. The summed E-state index contributed by atoms with van der Waals surface area (Å²) in [6.07, 6.45) is 1.74. The molecule has 1 saturated heterocycles. The number of thiazole rings is 1. The molecule has 0 spiro atoms. The normalized spacial score (nSPS) is 21.5. The molecule has 1 saturated carbocycles. The van der Waals surface area contributed by atoms with Crippen LogP contribution < -0.4 is 16.0 Å². The van der Waals surface area contributed by atoms with Gasteiger partial charge in [0.15, 0.2) is 0 Å². The number of carbonyl (C=O) groups is 4. The van der Waals surface area contributed by atoms with E-state index in [0.717, 1.165) is 21.7 Å². The largest absolute Gasteiger partial charge is 0.444 e. The predicted molar refractivity (Wildman–Crippen MR) is 171 cm³/mol. The average molecular weight is 626 g/mol. The third-order valence-electron chi connectivity index (χ3n) is 8.24. The number of amides is 4. The number of aromatic nitrogens is 1. The quantitative estimate of drug-likeness (QED) is 0.374. The molecule has 2 heterocycles. The van der Waals surface area contributed by atoms with Crippen LogP contribution in [0.2, 0.25) is 0 Å². The van der Waals surface area contributed by atoms with Crippen molar-refractivity contribution in [2.24, 2.45) is 11.3 Å². The number of alkyl carbamates (subject to hydrolysis) is 1. The fourth-order valence-electron chi connectivity index (χ4n) is 5.70. The van der Waals surface area contributed by atoms with Crippen LogP contribution in [0.25, 0.3) is 10.4 Å². The third-order valence-corrected chi connectivity index (χ3v) is 9.22. The van der Waals surface area contributed by atoms with E-state index < -0.39 is 29.2 Å². The Morgan fingerprint density at radius 2 is 1.66 bits per heavy atom. The van der Waals surface area contributed by atoms with Crippen molar-refractivity contribution in [3.05, 3.63) is 41.0 Å². The Kier molecular flexibility index (Phi) is 10.1. The highest BCUT2D eigenvalue weighted by Gasteiger charge is 2.44. The Balaban J connectivity index is 1.34. The second kappa shape index (κ2) is 13.3. The van der Waals surface area contributed by atoms with Crippen molar-refractivity contribution < 1.29 is 23.9 Å². The lowest BCUT2D eigenvalue weighted by Crippen LogP contribution is -2.60. The van der Waals surface area contributed by atoms with Crippen LogP contribution >= 0.6 is 11.3 Å². The number of nitrogens with zero attached hydrogens (tertiary/aromatic N) is 2. The molecule has 3 atom stereocenters. The molecule has 4 rings (SSSR count). The Labute approximate surface area is 264 Å². The van der Waals surface area contributed by atoms with Gasteiger partial charge in [0.1, 0.15) is 17.7 Å². The maximum absolute atomic E-state index is 13.9. The van der Waals surface area contributed by atoms with Gasteiger partial charge in [-0.15, -0.1) is 11.3 Å². The van der Waals surface area contributed by atoms with E-state index in [-0.39, 0.29) is 35.7 Å². The van der Waals surface area contributed by atoms with E-state index in [2.05, 4.69) is 20.9 Å². The van der Waals surface area contributed by atoms with Gasteiger partial charge in [-0.1, -0.05) is 45.0 Å². The van der Waals surface area contributed by atoms with E-state index in [1.54, 1.807) is 37.0 Å². The van der Waals surface area contributed by atoms with Crippen LogP contribution in [-0.2, 0) is 19.1 Å². The minimum absolute atomic E-state index is 0.147. The summed E-state index contributed by atoms with van der Waals surface area (Å²) in [7, 11) is 0. The lowest BCUT2D eigenvalue weighted by Gasteiger charge is -2.39. The standard InChI is InChI=1S/C33H47N5O5S/c1-19(21-11-13-22(14-12-21)26-20(2)34-18-44-26)35-29(40)25-10-9-15-38(25)30(41)27(32(3,4)5)37-28(39)23-16-24(17-23)36-31(42)43-33(6,7)8/h11-14,18-19,23-25,27H,9-10,15-17H2,1-8H3,(H,35,40)(H,36,42)(H,37,39)/t19-,23-,24+,25-,27?/m0/s1. The maximum Gasteiger partial charge on any atom is 0.407 e. The summed E-state index contributed by atoms with van der Waals surface area (Å²) < 4.78 is 5.30. The Hall–Kier alpha value is -3.47. The molecule has 1 aromatic heterocycles. The number of aryl methyl sites for hydroxylation is 1. The Bertz CT molecular complexity index is 1350. The van der Waals surface area contributed by atoms with Gasteiger partial charge in [0.2, 0.25) is 17.7 Å². The number of rotatable bonds is 8. The molecule has 1 aromatic carbocycles. The fraction of sp³-hybridized carbons (Fsp3) is 0.606.